The van der Waals surface area contributed by atoms with Crippen LogP contribution in [0.2, 0.25) is 0 Å². The Bertz CT molecular complexity index is 803. The van der Waals surface area contributed by atoms with Crippen LogP contribution in [0.3, 0.4) is 0 Å². The number of carbonyl (C=O) groups excluding carboxylic acids is 2. The van der Waals surface area contributed by atoms with Gasteiger partial charge in [0.25, 0.3) is 11.8 Å². The van der Waals surface area contributed by atoms with Crippen LogP contribution in [0.25, 0.3) is 0 Å². The highest BCUT2D eigenvalue weighted by Crippen LogP contribution is 2.11. The van der Waals surface area contributed by atoms with E-state index in [0.29, 0.717) is 24.6 Å². The molecule has 3 heterocycles. The van der Waals surface area contributed by atoms with E-state index in [1.54, 1.807) is 69.1 Å². The lowest BCUT2D eigenvalue weighted by atomic mass is 10.2. The molecule has 0 aromatic carbocycles. The molecule has 3 aromatic rings. The molecular formula is C19H19N3O4. The second kappa shape index (κ2) is 7.69. The molecule has 0 aliphatic rings. The summed E-state index contributed by atoms with van der Waals surface area (Å²) in [7, 11) is 3.31. The van der Waals surface area contributed by atoms with Crippen molar-refractivity contribution < 1.29 is 18.4 Å². The van der Waals surface area contributed by atoms with E-state index >= 15 is 0 Å². The SMILES string of the molecule is CN(Cc1ccco1)C(=O)c1cccc(C(=O)N(C)Cc2ccco2)n1. The molecule has 0 atom stereocenters. The fourth-order valence-electron chi connectivity index (χ4n) is 2.48. The van der Waals surface area contributed by atoms with Gasteiger partial charge < -0.3 is 18.6 Å². The quantitative estimate of drug-likeness (QED) is 0.681. The van der Waals surface area contributed by atoms with Crippen LogP contribution in [0, 0.1) is 0 Å². The lowest BCUT2D eigenvalue weighted by molar-refractivity contribution is 0.0761. The molecule has 3 aromatic heterocycles. The number of hydrogen-bond donors (Lipinski definition) is 0. The summed E-state index contributed by atoms with van der Waals surface area (Å²) in [5, 5.41) is 0. The Kier molecular flexibility index (Phi) is 5.17. The summed E-state index contributed by atoms with van der Waals surface area (Å²) in [6, 6.07) is 11.9. The van der Waals surface area contributed by atoms with Crippen molar-refractivity contribution in [2.45, 2.75) is 13.1 Å². The Morgan fingerprint density at radius 1 is 0.808 bits per heavy atom. The molecule has 26 heavy (non-hydrogen) atoms. The molecule has 0 radical (unpaired) electrons. The molecule has 0 N–H and O–H groups in total. The minimum absolute atomic E-state index is 0.205. The summed E-state index contributed by atoms with van der Waals surface area (Å²) in [6.07, 6.45) is 3.11. The monoisotopic (exact) mass is 353 g/mol. The predicted molar refractivity (Wildman–Crippen MR) is 93.2 cm³/mol. The largest absolute Gasteiger partial charge is 0.467 e. The lowest BCUT2D eigenvalue weighted by Gasteiger charge is -2.17. The maximum absolute atomic E-state index is 12.6. The third-order valence-electron chi connectivity index (χ3n) is 3.83. The predicted octanol–water partition coefficient (Wildman–Crippen LogP) is 2.81. The van der Waals surface area contributed by atoms with E-state index in [2.05, 4.69) is 4.98 Å². The first-order valence-electron chi connectivity index (χ1n) is 8.07. The number of aromatic nitrogens is 1. The molecule has 0 saturated heterocycles. The Morgan fingerprint density at radius 3 is 1.65 bits per heavy atom. The first-order chi connectivity index (χ1) is 12.5. The molecule has 0 spiro atoms. The van der Waals surface area contributed by atoms with E-state index in [-0.39, 0.29) is 23.2 Å². The van der Waals surface area contributed by atoms with Crippen LogP contribution in [0.5, 0.6) is 0 Å². The number of hydrogen-bond acceptors (Lipinski definition) is 5. The number of nitrogens with zero attached hydrogens (tertiary/aromatic N) is 3. The van der Waals surface area contributed by atoms with Crippen molar-refractivity contribution >= 4 is 11.8 Å². The summed E-state index contributed by atoms with van der Waals surface area (Å²) in [4.78, 5) is 32.3. The van der Waals surface area contributed by atoms with Crippen LogP contribution in [0.15, 0.2) is 63.8 Å². The fraction of sp³-hybridized carbons (Fsp3) is 0.211. The average Bonchev–Trinajstić information content (AvgIpc) is 3.34. The minimum Gasteiger partial charge on any atom is -0.467 e. The highest BCUT2D eigenvalue weighted by molar-refractivity contribution is 5.96. The normalized spacial score (nSPS) is 10.5. The van der Waals surface area contributed by atoms with E-state index in [0.717, 1.165) is 0 Å². The van der Waals surface area contributed by atoms with Gasteiger partial charge in [-0.3, -0.25) is 9.59 Å². The van der Waals surface area contributed by atoms with Crippen LogP contribution in [0.4, 0.5) is 0 Å². The van der Waals surface area contributed by atoms with Crippen LogP contribution in [-0.2, 0) is 13.1 Å². The molecule has 0 aliphatic heterocycles. The van der Waals surface area contributed by atoms with Gasteiger partial charge in [-0.05, 0) is 36.4 Å². The smallest absolute Gasteiger partial charge is 0.272 e. The van der Waals surface area contributed by atoms with E-state index in [9.17, 15) is 9.59 Å². The molecule has 0 fully saturated rings. The second-order valence-electron chi connectivity index (χ2n) is 5.89. The summed E-state index contributed by atoms with van der Waals surface area (Å²) >= 11 is 0. The van der Waals surface area contributed by atoms with Gasteiger partial charge in [0.1, 0.15) is 22.9 Å². The summed E-state index contributed by atoms with van der Waals surface area (Å²) in [6.45, 7) is 0.647. The van der Waals surface area contributed by atoms with E-state index in [4.69, 9.17) is 8.83 Å². The first kappa shape index (κ1) is 17.5. The topological polar surface area (TPSA) is 79.8 Å². The molecule has 0 bridgehead atoms. The Morgan fingerprint density at radius 2 is 1.27 bits per heavy atom. The lowest BCUT2D eigenvalue weighted by Crippen LogP contribution is -2.29. The van der Waals surface area contributed by atoms with Gasteiger partial charge >= 0.3 is 0 Å². The van der Waals surface area contributed by atoms with Gasteiger partial charge in [0.05, 0.1) is 25.6 Å². The zero-order valence-electron chi connectivity index (χ0n) is 14.6. The van der Waals surface area contributed by atoms with E-state index in [1.165, 1.54) is 9.80 Å². The molecule has 7 nitrogen and oxygen atoms in total. The zero-order valence-corrected chi connectivity index (χ0v) is 14.6. The Hall–Kier alpha value is -3.35. The van der Waals surface area contributed by atoms with Gasteiger partial charge in [-0.1, -0.05) is 6.07 Å². The number of carbonyl (C=O) groups is 2. The summed E-state index contributed by atoms with van der Waals surface area (Å²) < 4.78 is 10.5. The molecule has 2 amide bonds. The van der Waals surface area contributed by atoms with E-state index < -0.39 is 0 Å². The average molecular weight is 353 g/mol. The van der Waals surface area contributed by atoms with Crippen molar-refractivity contribution in [1.29, 1.82) is 0 Å². The van der Waals surface area contributed by atoms with Crippen molar-refractivity contribution in [1.82, 2.24) is 14.8 Å². The third kappa shape index (κ3) is 4.00. The van der Waals surface area contributed by atoms with Gasteiger partial charge in [0, 0.05) is 14.1 Å². The van der Waals surface area contributed by atoms with Crippen molar-refractivity contribution in [3.63, 3.8) is 0 Å². The van der Waals surface area contributed by atoms with Crippen molar-refractivity contribution in [3.8, 4) is 0 Å². The molecule has 134 valence electrons. The maximum Gasteiger partial charge on any atom is 0.272 e. The van der Waals surface area contributed by atoms with Crippen LogP contribution < -0.4 is 0 Å². The standard InChI is InChI=1S/C19H19N3O4/c1-21(12-14-6-4-10-25-14)18(23)16-8-3-9-17(20-16)19(24)22(2)13-15-7-5-11-26-15/h3-11H,12-13H2,1-2H3. The maximum atomic E-state index is 12.6. The molecule has 3 rings (SSSR count). The van der Waals surface area contributed by atoms with Crippen molar-refractivity contribution in [2.75, 3.05) is 14.1 Å². The van der Waals surface area contributed by atoms with Crippen LogP contribution in [0.1, 0.15) is 32.5 Å². The highest BCUT2D eigenvalue weighted by Gasteiger charge is 2.19. The van der Waals surface area contributed by atoms with E-state index in [1.807, 2.05) is 0 Å². The Labute approximate surface area is 150 Å². The summed E-state index contributed by atoms with van der Waals surface area (Å²) in [5.41, 5.74) is 0.410. The highest BCUT2D eigenvalue weighted by atomic mass is 16.3. The summed E-state index contributed by atoms with van der Waals surface area (Å²) in [5.74, 6) is 0.770. The second-order valence-corrected chi connectivity index (χ2v) is 5.89. The zero-order chi connectivity index (χ0) is 18.5. The fourth-order valence-corrected chi connectivity index (χ4v) is 2.48. The first-order valence-corrected chi connectivity index (χ1v) is 8.07. The van der Waals surface area contributed by atoms with Crippen LogP contribution >= 0.6 is 0 Å². The van der Waals surface area contributed by atoms with Crippen molar-refractivity contribution in [3.05, 3.63) is 77.9 Å². The molecule has 0 unspecified atom stereocenters. The molecule has 0 aliphatic carbocycles. The third-order valence-corrected chi connectivity index (χ3v) is 3.83. The van der Waals surface area contributed by atoms with Crippen LogP contribution in [-0.4, -0.2) is 40.7 Å². The number of amides is 2. The molecule has 7 heteroatoms. The van der Waals surface area contributed by atoms with Gasteiger partial charge in [-0.15, -0.1) is 0 Å². The number of furan rings is 2. The number of rotatable bonds is 6. The molecule has 0 saturated carbocycles. The van der Waals surface area contributed by atoms with Gasteiger partial charge in [-0.25, -0.2) is 4.98 Å². The van der Waals surface area contributed by atoms with Crippen molar-refractivity contribution in [2.24, 2.45) is 0 Å². The van der Waals surface area contributed by atoms with Gasteiger partial charge in [0.15, 0.2) is 0 Å². The van der Waals surface area contributed by atoms with Gasteiger partial charge in [-0.2, -0.15) is 0 Å². The molecular weight excluding hydrogens is 334 g/mol. The Balaban J connectivity index is 1.70. The minimum atomic E-state index is -0.287. The van der Waals surface area contributed by atoms with Gasteiger partial charge in [0.2, 0.25) is 0 Å². The number of pyridine rings is 1.